The predicted octanol–water partition coefficient (Wildman–Crippen LogP) is 0.00590. The molecule has 0 aromatic heterocycles. The normalized spacial score (nSPS) is 24.0. The van der Waals surface area contributed by atoms with Crippen LogP contribution in [0.4, 0.5) is 0 Å². The van der Waals surface area contributed by atoms with Crippen LogP contribution in [0.1, 0.15) is 20.3 Å². The van der Waals surface area contributed by atoms with Gasteiger partial charge in [0.05, 0.1) is 12.5 Å². The van der Waals surface area contributed by atoms with Crippen molar-refractivity contribution in [1.29, 1.82) is 0 Å². The molecule has 0 aromatic carbocycles. The van der Waals surface area contributed by atoms with E-state index in [1.807, 2.05) is 13.8 Å². The lowest BCUT2D eigenvalue weighted by atomic mass is 9.80. The van der Waals surface area contributed by atoms with Crippen LogP contribution in [0.25, 0.3) is 0 Å². The van der Waals surface area contributed by atoms with Gasteiger partial charge in [0.15, 0.2) is 0 Å². The summed E-state index contributed by atoms with van der Waals surface area (Å²) in [6, 6.07) is -0.438. The van der Waals surface area contributed by atoms with E-state index >= 15 is 0 Å². The molecule has 5 nitrogen and oxygen atoms in total. The molecular formula is C12H20N2O3. The predicted molar refractivity (Wildman–Crippen MR) is 62.3 cm³/mol. The molecule has 0 unspecified atom stereocenters. The van der Waals surface area contributed by atoms with Crippen molar-refractivity contribution >= 4 is 11.9 Å². The number of hydrogen-bond donors (Lipinski definition) is 1. The number of esters is 1. The van der Waals surface area contributed by atoms with Gasteiger partial charge in [-0.1, -0.05) is 13.8 Å². The summed E-state index contributed by atoms with van der Waals surface area (Å²) in [5, 5.41) is 3.14. The molecule has 2 aliphatic rings. The zero-order valence-electron chi connectivity index (χ0n) is 10.7. The first-order valence-corrected chi connectivity index (χ1v) is 6.11. The van der Waals surface area contributed by atoms with E-state index in [4.69, 9.17) is 4.74 Å². The van der Waals surface area contributed by atoms with Gasteiger partial charge in [0, 0.05) is 19.6 Å². The van der Waals surface area contributed by atoms with Crippen LogP contribution in [0, 0.1) is 11.3 Å². The molecule has 5 heteroatoms. The van der Waals surface area contributed by atoms with Gasteiger partial charge in [0.2, 0.25) is 5.91 Å². The average Bonchev–Trinajstić information content (AvgIpc) is 2.56. The van der Waals surface area contributed by atoms with Gasteiger partial charge in [0.25, 0.3) is 0 Å². The van der Waals surface area contributed by atoms with Crippen LogP contribution < -0.4 is 5.32 Å². The van der Waals surface area contributed by atoms with Crippen molar-refractivity contribution in [3.63, 3.8) is 0 Å². The van der Waals surface area contributed by atoms with Crippen LogP contribution in [0.2, 0.25) is 0 Å². The summed E-state index contributed by atoms with van der Waals surface area (Å²) in [7, 11) is 1.37. The number of carbonyl (C=O) groups is 2. The SMILES string of the molecule is COC(=O)[C@H](C(C)C)N1CCC2(CNC2)C1=O. The molecule has 1 spiro atoms. The minimum absolute atomic E-state index is 0.0783. The molecule has 0 saturated carbocycles. The summed E-state index contributed by atoms with van der Waals surface area (Å²) < 4.78 is 4.81. The van der Waals surface area contributed by atoms with Crippen molar-refractivity contribution in [2.75, 3.05) is 26.7 Å². The van der Waals surface area contributed by atoms with E-state index < -0.39 is 6.04 Å². The van der Waals surface area contributed by atoms with E-state index in [2.05, 4.69) is 5.32 Å². The fourth-order valence-electron chi connectivity index (χ4n) is 2.75. The summed E-state index contributed by atoms with van der Waals surface area (Å²) in [6.45, 7) is 6.04. The van der Waals surface area contributed by atoms with Crippen LogP contribution >= 0.6 is 0 Å². The summed E-state index contributed by atoms with van der Waals surface area (Å²) in [5.74, 6) is -0.118. The molecule has 0 bridgehead atoms. The first-order chi connectivity index (χ1) is 8.02. The van der Waals surface area contributed by atoms with E-state index in [1.54, 1.807) is 4.90 Å². The molecule has 2 aliphatic heterocycles. The Morgan fingerprint density at radius 2 is 2.12 bits per heavy atom. The van der Waals surface area contributed by atoms with Gasteiger partial charge in [-0.15, -0.1) is 0 Å². The highest BCUT2D eigenvalue weighted by molar-refractivity contribution is 5.91. The second kappa shape index (κ2) is 4.29. The molecule has 0 aromatic rings. The molecule has 1 N–H and O–H groups in total. The number of nitrogens with one attached hydrogen (secondary N) is 1. The summed E-state index contributed by atoms with van der Waals surface area (Å²) in [4.78, 5) is 25.8. The first kappa shape index (κ1) is 12.4. The Labute approximate surface area is 101 Å². The summed E-state index contributed by atoms with van der Waals surface area (Å²) in [5.41, 5.74) is -0.235. The smallest absolute Gasteiger partial charge is 0.328 e. The van der Waals surface area contributed by atoms with Crippen molar-refractivity contribution in [2.24, 2.45) is 11.3 Å². The van der Waals surface area contributed by atoms with Crippen molar-refractivity contribution in [3.8, 4) is 0 Å². The average molecular weight is 240 g/mol. The fourth-order valence-corrected chi connectivity index (χ4v) is 2.75. The monoisotopic (exact) mass is 240 g/mol. The van der Waals surface area contributed by atoms with Gasteiger partial charge < -0.3 is 15.0 Å². The molecule has 96 valence electrons. The maximum atomic E-state index is 12.4. The molecular weight excluding hydrogens is 220 g/mol. The Bertz CT molecular complexity index is 337. The Balaban J connectivity index is 2.16. The number of ether oxygens (including phenoxy) is 1. The number of carbonyl (C=O) groups excluding carboxylic acids is 2. The molecule has 1 amide bonds. The van der Waals surface area contributed by atoms with E-state index in [9.17, 15) is 9.59 Å². The van der Waals surface area contributed by atoms with Crippen LogP contribution in [-0.2, 0) is 14.3 Å². The first-order valence-electron chi connectivity index (χ1n) is 6.11. The minimum Gasteiger partial charge on any atom is -0.467 e. The zero-order chi connectivity index (χ0) is 12.6. The molecule has 2 rings (SSSR count). The van der Waals surface area contributed by atoms with Gasteiger partial charge >= 0.3 is 5.97 Å². The van der Waals surface area contributed by atoms with Crippen LogP contribution in [0.15, 0.2) is 0 Å². The summed E-state index contributed by atoms with van der Waals surface area (Å²) >= 11 is 0. The van der Waals surface area contributed by atoms with E-state index in [-0.39, 0.29) is 23.2 Å². The standard InChI is InChI=1S/C12H20N2O3/c1-8(2)9(10(15)17-3)14-5-4-12(11(14)16)6-13-7-12/h8-9,13H,4-7H2,1-3H3/t9-/m0/s1. The minimum atomic E-state index is -0.438. The number of likely N-dealkylation sites (tertiary alicyclic amines) is 1. The van der Waals surface area contributed by atoms with Gasteiger partial charge in [-0.25, -0.2) is 4.79 Å². The Hall–Kier alpha value is -1.10. The molecule has 0 aliphatic carbocycles. The Morgan fingerprint density at radius 3 is 2.47 bits per heavy atom. The van der Waals surface area contributed by atoms with Gasteiger partial charge in [-0.05, 0) is 12.3 Å². The van der Waals surface area contributed by atoms with Crippen LogP contribution in [-0.4, -0.2) is 49.6 Å². The molecule has 2 heterocycles. The lowest BCUT2D eigenvalue weighted by molar-refractivity contribution is -0.156. The second-order valence-corrected chi connectivity index (χ2v) is 5.34. The van der Waals surface area contributed by atoms with Gasteiger partial charge in [-0.3, -0.25) is 4.79 Å². The fraction of sp³-hybridized carbons (Fsp3) is 0.833. The largest absolute Gasteiger partial charge is 0.467 e. The molecule has 1 atom stereocenters. The third-order valence-corrected chi connectivity index (χ3v) is 3.88. The number of amides is 1. The Kier molecular flexibility index (Phi) is 3.12. The van der Waals surface area contributed by atoms with Crippen LogP contribution in [0.3, 0.4) is 0 Å². The highest BCUT2D eigenvalue weighted by Gasteiger charge is 2.53. The van der Waals surface area contributed by atoms with Crippen molar-refractivity contribution in [2.45, 2.75) is 26.3 Å². The number of nitrogens with zero attached hydrogens (tertiary/aromatic N) is 1. The topological polar surface area (TPSA) is 58.6 Å². The zero-order valence-corrected chi connectivity index (χ0v) is 10.7. The maximum Gasteiger partial charge on any atom is 0.328 e. The number of methoxy groups -OCH3 is 1. The molecule has 2 saturated heterocycles. The Morgan fingerprint density at radius 1 is 1.47 bits per heavy atom. The van der Waals surface area contributed by atoms with Gasteiger partial charge in [0.1, 0.15) is 6.04 Å². The highest BCUT2D eigenvalue weighted by Crippen LogP contribution is 2.37. The van der Waals surface area contributed by atoms with E-state index in [1.165, 1.54) is 7.11 Å². The third kappa shape index (κ3) is 1.82. The highest BCUT2D eigenvalue weighted by atomic mass is 16.5. The second-order valence-electron chi connectivity index (χ2n) is 5.34. The van der Waals surface area contributed by atoms with Gasteiger partial charge in [-0.2, -0.15) is 0 Å². The van der Waals surface area contributed by atoms with E-state index in [0.717, 1.165) is 19.5 Å². The molecule has 2 fully saturated rings. The lowest BCUT2D eigenvalue weighted by Crippen LogP contribution is -2.59. The lowest BCUT2D eigenvalue weighted by Gasteiger charge is -2.38. The van der Waals surface area contributed by atoms with Crippen molar-refractivity contribution in [3.05, 3.63) is 0 Å². The number of hydrogen-bond acceptors (Lipinski definition) is 4. The van der Waals surface area contributed by atoms with Crippen LogP contribution in [0.5, 0.6) is 0 Å². The molecule has 0 radical (unpaired) electrons. The van der Waals surface area contributed by atoms with Crippen molar-refractivity contribution < 1.29 is 14.3 Å². The summed E-state index contributed by atoms with van der Waals surface area (Å²) in [6.07, 6.45) is 0.846. The quantitative estimate of drug-likeness (QED) is 0.706. The third-order valence-electron chi connectivity index (χ3n) is 3.88. The van der Waals surface area contributed by atoms with E-state index in [0.29, 0.717) is 6.54 Å². The number of rotatable bonds is 3. The maximum absolute atomic E-state index is 12.4. The molecule has 17 heavy (non-hydrogen) atoms. The van der Waals surface area contributed by atoms with Crippen molar-refractivity contribution in [1.82, 2.24) is 10.2 Å².